The molecule has 0 aliphatic heterocycles. The zero-order valence-electron chi connectivity index (χ0n) is 15.3. The minimum Gasteiger partial charge on any atom is -0.0885 e. The molecule has 0 radical (unpaired) electrons. The van der Waals surface area contributed by atoms with Gasteiger partial charge in [-0.3, -0.25) is 0 Å². The lowest BCUT2D eigenvalue weighted by Gasteiger charge is -2.01. The van der Waals surface area contributed by atoms with Gasteiger partial charge in [-0.25, -0.2) is 0 Å². The van der Waals surface area contributed by atoms with E-state index < -0.39 is 0 Å². The first kappa shape index (κ1) is 22.5. The highest BCUT2D eigenvalue weighted by Crippen LogP contribution is 2.12. The van der Waals surface area contributed by atoms with Crippen LogP contribution in [-0.4, -0.2) is 4.43 Å². The first-order chi connectivity index (χ1) is 10.9. The van der Waals surface area contributed by atoms with Gasteiger partial charge in [0.1, 0.15) is 0 Å². The van der Waals surface area contributed by atoms with E-state index >= 15 is 0 Å². The number of alkyl halides is 1. The first-order valence-corrected chi connectivity index (χ1v) is 11.6. The lowest BCUT2D eigenvalue weighted by Crippen LogP contribution is -1.82. The van der Waals surface area contributed by atoms with Gasteiger partial charge >= 0.3 is 0 Å². The van der Waals surface area contributed by atoms with Crippen molar-refractivity contribution in [3.05, 3.63) is 12.2 Å². The van der Waals surface area contributed by atoms with Gasteiger partial charge in [0, 0.05) is 0 Å². The molecule has 0 aliphatic rings. The van der Waals surface area contributed by atoms with E-state index in [0.29, 0.717) is 0 Å². The average Bonchev–Trinajstić information content (AvgIpc) is 2.54. The van der Waals surface area contributed by atoms with Gasteiger partial charge < -0.3 is 0 Å². The molecule has 0 heterocycles. The number of allylic oxidation sites excluding steroid dienone is 2. The second-order valence-corrected chi connectivity index (χ2v) is 7.77. The Balaban J connectivity index is 3.02. The third-order valence-corrected chi connectivity index (χ3v) is 5.16. The molecule has 0 aromatic rings. The molecule has 0 saturated heterocycles. The average molecular weight is 420 g/mol. The fourth-order valence-electron chi connectivity index (χ4n) is 2.87. The minimum atomic E-state index is 1.31. The molecule has 0 nitrogen and oxygen atoms in total. The Kier molecular flexibility index (Phi) is 21.9. The van der Waals surface area contributed by atoms with E-state index in [1.807, 2.05) is 0 Å². The molecule has 1 heteroatoms. The fraction of sp³-hybridized carbons (Fsp3) is 0.905. The molecule has 0 saturated carbocycles. The van der Waals surface area contributed by atoms with Crippen LogP contribution in [-0.2, 0) is 0 Å². The van der Waals surface area contributed by atoms with Crippen molar-refractivity contribution < 1.29 is 0 Å². The molecule has 0 aliphatic carbocycles. The third kappa shape index (κ3) is 20.5. The summed E-state index contributed by atoms with van der Waals surface area (Å²) >= 11 is 2.49. The summed E-state index contributed by atoms with van der Waals surface area (Å²) in [4.78, 5) is 0. The van der Waals surface area contributed by atoms with Gasteiger partial charge in [-0.15, -0.1) is 0 Å². The Hall–Kier alpha value is 0.470. The summed E-state index contributed by atoms with van der Waals surface area (Å²) in [6.07, 6.45) is 29.0. The van der Waals surface area contributed by atoms with Crippen LogP contribution < -0.4 is 0 Å². The van der Waals surface area contributed by atoms with Gasteiger partial charge in [-0.05, 0) is 36.5 Å². The summed E-state index contributed by atoms with van der Waals surface area (Å²) in [5.74, 6) is 0. The van der Waals surface area contributed by atoms with Crippen LogP contribution in [0.15, 0.2) is 12.2 Å². The van der Waals surface area contributed by atoms with Crippen molar-refractivity contribution >= 4 is 22.6 Å². The molecule has 132 valence electrons. The largest absolute Gasteiger partial charge is 0.0885 e. The van der Waals surface area contributed by atoms with Gasteiger partial charge in [-0.1, -0.05) is 119 Å². The van der Waals surface area contributed by atoms with Gasteiger partial charge in [0.15, 0.2) is 0 Å². The standard InChI is InChI=1S/C21H41I/c1-2-3-4-5-6-7-8-9-10-11-12-13-14-15-16-17-18-19-20-21-22/h9-10H,2-8,11-21H2,1H3/b10-9-. The molecule has 0 spiro atoms. The van der Waals surface area contributed by atoms with Gasteiger partial charge in [0.25, 0.3) is 0 Å². The summed E-state index contributed by atoms with van der Waals surface area (Å²) in [5.41, 5.74) is 0. The van der Waals surface area contributed by atoms with Crippen molar-refractivity contribution in [2.75, 3.05) is 4.43 Å². The van der Waals surface area contributed by atoms with Crippen LogP contribution in [0.4, 0.5) is 0 Å². The molecule has 0 bridgehead atoms. The van der Waals surface area contributed by atoms with Crippen molar-refractivity contribution in [3.63, 3.8) is 0 Å². The van der Waals surface area contributed by atoms with Crippen LogP contribution in [0.1, 0.15) is 116 Å². The highest BCUT2D eigenvalue weighted by Gasteiger charge is 1.92. The number of hydrogen-bond acceptors (Lipinski definition) is 0. The SMILES string of the molecule is CCCCCCCC/C=C\CCCCCCCCCCCI. The second-order valence-electron chi connectivity index (χ2n) is 6.69. The molecule has 0 fully saturated rings. The van der Waals surface area contributed by atoms with Gasteiger partial charge in [0.05, 0.1) is 0 Å². The van der Waals surface area contributed by atoms with Crippen LogP contribution in [0.2, 0.25) is 0 Å². The third-order valence-electron chi connectivity index (χ3n) is 4.40. The number of unbranched alkanes of at least 4 members (excludes halogenated alkanes) is 15. The van der Waals surface area contributed by atoms with E-state index in [2.05, 4.69) is 41.7 Å². The van der Waals surface area contributed by atoms with Crippen molar-refractivity contribution in [2.45, 2.75) is 116 Å². The quantitative estimate of drug-likeness (QED) is 0.0901. The number of rotatable bonds is 18. The van der Waals surface area contributed by atoms with Crippen molar-refractivity contribution in [1.29, 1.82) is 0 Å². The Morgan fingerprint density at radius 1 is 0.500 bits per heavy atom. The van der Waals surface area contributed by atoms with E-state index in [4.69, 9.17) is 0 Å². The zero-order valence-corrected chi connectivity index (χ0v) is 17.4. The van der Waals surface area contributed by atoms with E-state index in [1.165, 1.54) is 114 Å². The number of hydrogen-bond donors (Lipinski definition) is 0. The maximum atomic E-state index is 2.49. The molecule has 0 N–H and O–H groups in total. The Morgan fingerprint density at radius 3 is 1.27 bits per heavy atom. The van der Waals surface area contributed by atoms with E-state index in [9.17, 15) is 0 Å². The van der Waals surface area contributed by atoms with Crippen molar-refractivity contribution in [2.24, 2.45) is 0 Å². The summed E-state index contributed by atoms with van der Waals surface area (Å²) in [6.45, 7) is 2.29. The topological polar surface area (TPSA) is 0 Å². The normalized spacial score (nSPS) is 11.5. The van der Waals surface area contributed by atoms with E-state index in [-0.39, 0.29) is 0 Å². The monoisotopic (exact) mass is 420 g/mol. The molecule has 0 aromatic heterocycles. The summed E-state index contributed by atoms with van der Waals surface area (Å²) in [6, 6.07) is 0. The Bertz CT molecular complexity index is 210. The van der Waals surface area contributed by atoms with Gasteiger partial charge in [0.2, 0.25) is 0 Å². The van der Waals surface area contributed by atoms with Crippen LogP contribution >= 0.6 is 22.6 Å². The summed E-state index contributed by atoms with van der Waals surface area (Å²) in [5, 5.41) is 0. The molecule has 0 rings (SSSR count). The zero-order chi connectivity index (χ0) is 16.1. The molecule has 0 atom stereocenters. The Morgan fingerprint density at radius 2 is 0.864 bits per heavy atom. The lowest BCUT2D eigenvalue weighted by atomic mass is 10.1. The van der Waals surface area contributed by atoms with Crippen LogP contribution in [0.5, 0.6) is 0 Å². The van der Waals surface area contributed by atoms with Crippen LogP contribution in [0.25, 0.3) is 0 Å². The summed E-state index contributed by atoms with van der Waals surface area (Å²) < 4.78 is 1.34. The highest BCUT2D eigenvalue weighted by molar-refractivity contribution is 14.1. The van der Waals surface area contributed by atoms with Crippen molar-refractivity contribution in [3.8, 4) is 0 Å². The summed E-state index contributed by atoms with van der Waals surface area (Å²) in [7, 11) is 0. The predicted octanol–water partition coefficient (Wildman–Crippen LogP) is 8.63. The maximum Gasteiger partial charge on any atom is -0.000473 e. The highest BCUT2D eigenvalue weighted by atomic mass is 127. The lowest BCUT2D eigenvalue weighted by molar-refractivity contribution is 0.567. The molecule has 0 aromatic carbocycles. The smallest absolute Gasteiger partial charge is 0.000473 e. The predicted molar refractivity (Wildman–Crippen MR) is 112 cm³/mol. The Labute approximate surface area is 155 Å². The number of halogens is 1. The molecule has 0 unspecified atom stereocenters. The van der Waals surface area contributed by atoms with Gasteiger partial charge in [-0.2, -0.15) is 0 Å². The van der Waals surface area contributed by atoms with E-state index in [1.54, 1.807) is 0 Å². The first-order valence-electron chi connectivity index (χ1n) is 10.1. The minimum absolute atomic E-state index is 1.31. The molecule has 22 heavy (non-hydrogen) atoms. The fourth-order valence-corrected chi connectivity index (χ4v) is 3.41. The molecular weight excluding hydrogens is 379 g/mol. The maximum absolute atomic E-state index is 2.49. The second kappa shape index (κ2) is 21.5. The molecular formula is C21H41I. The van der Waals surface area contributed by atoms with E-state index in [0.717, 1.165) is 0 Å². The van der Waals surface area contributed by atoms with Crippen LogP contribution in [0.3, 0.4) is 0 Å². The van der Waals surface area contributed by atoms with Crippen LogP contribution in [0, 0.1) is 0 Å². The van der Waals surface area contributed by atoms with Crippen molar-refractivity contribution in [1.82, 2.24) is 0 Å². The molecule has 0 amide bonds.